The highest BCUT2D eigenvalue weighted by Crippen LogP contribution is 2.11. The molecule has 6 nitrogen and oxygen atoms in total. The lowest BCUT2D eigenvalue weighted by molar-refractivity contribution is -0.538. The van der Waals surface area contributed by atoms with Crippen molar-refractivity contribution < 1.29 is 5.03 Å². The fraction of sp³-hybridized carbons (Fsp3) is 0. The molecule has 0 bridgehead atoms. The van der Waals surface area contributed by atoms with Crippen LogP contribution in [-0.2, 0) is 0 Å². The van der Waals surface area contributed by atoms with Crippen LogP contribution in [0.2, 0.25) is 0 Å². The van der Waals surface area contributed by atoms with Gasteiger partial charge in [-0.15, -0.1) is 0 Å². The zero-order valence-electron chi connectivity index (χ0n) is 6.52. The Morgan fingerprint density at radius 1 is 1.46 bits per heavy atom. The van der Waals surface area contributed by atoms with Crippen molar-refractivity contribution in [2.75, 3.05) is 5.43 Å². The van der Waals surface area contributed by atoms with E-state index in [1.165, 1.54) is 0 Å². The summed E-state index contributed by atoms with van der Waals surface area (Å²) in [5.74, 6) is 0. The first-order valence-corrected chi connectivity index (χ1v) is 3.39. The topological polar surface area (TPSA) is 91.0 Å². The van der Waals surface area contributed by atoms with Gasteiger partial charge in [0.25, 0.3) is 0 Å². The van der Waals surface area contributed by atoms with Crippen LogP contribution in [0.3, 0.4) is 0 Å². The summed E-state index contributed by atoms with van der Waals surface area (Å²) in [5, 5.41) is 17.8. The van der Waals surface area contributed by atoms with Crippen molar-refractivity contribution in [3.63, 3.8) is 0 Å². The predicted octanol–water partition coefficient (Wildman–Crippen LogP) is 0.666. The smallest absolute Gasteiger partial charge is 0.178 e. The molecule has 0 fully saturated rings. The number of para-hydroxylation sites is 1. The van der Waals surface area contributed by atoms with Crippen LogP contribution in [0.1, 0.15) is 5.56 Å². The van der Waals surface area contributed by atoms with Crippen molar-refractivity contribution in [1.29, 1.82) is 5.26 Å². The Hall–Kier alpha value is -2.29. The summed E-state index contributed by atoms with van der Waals surface area (Å²) in [6.45, 7) is 0. The van der Waals surface area contributed by atoms with Gasteiger partial charge in [0.05, 0.1) is 11.3 Å². The summed E-state index contributed by atoms with van der Waals surface area (Å²) < 4.78 is 0. The van der Waals surface area contributed by atoms with E-state index < -0.39 is 5.03 Å². The number of benzene rings is 1. The van der Waals surface area contributed by atoms with Gasteiger partial charge in [0.15, 0.2) is 5.03 Å². The Labute approximate surface area is 73.9 Å². The monoisotopic (exact) mass is 178 g/mol. The van der Waals surface area contributed by atoms with E-state index in [0.29, 0.717) is 11.3 Å². The molecule has 1 rings (SSSR count). The van der Waals surface area contributed by atoms with E-state index in [-0.39, 0.29) is 0 Å². The molecule has 0 aromatic heterocycles. The summed E-state index contributed by atoms with van der Waals surface area (Å²) in [5.41, 5.74) is 4.77. The minimum atomic E-state index is -0.742. The Balaban J connectivity index is 2.77. The molecule has 0 amide bonds. The van der Waals surface area contributed by atoms with Gasteiger partial charge in [-0.3, -0.25) is 0 Å². The maximum Gasteiger partial charge on any atom is 0.178 e. The standard InChI is InChI=1S/C7H6N4O2/c8-5-6-3-1-2-4-7(6)9-10-11(12)13/h1-4,9-10H. The molecular weight excluding hydrogens is 172 g/mol. The molecule has 13 heavy (non-hydrogen) atoms. The molecule has 0 aliphatic heterocycles. The third-order valence-corrected chi connectivity index (χ3v) is 1.33. The van der Waals surface area contributed by atoms with Crippen molar-refractivity contribution in [2.45, 2.75) is 0 Å². The van der Waals surface area contributed by atoms with E-state index in [0.717, 1.165) is 0 Å². The van der Waals surface area contributed by atoms with E-state index in [4.69, 9.17) is 5.26 Å². The zero-order valence-corrected chi connectivity index (χ0v) is 6.52. The Kier molecular flexibility index (Phi) is 2.65. The SMILES string of the molecule is N#Cc1ccccc1NN[N+](=O)[O-]. The van der Waals surface area contributed by atoms with Crippen molar-refractivity contribution in [3.05, 3.63) is 39.9 Å². The first-order valence-electron chi connectivity index (χ1n) is 3.39. The van der Waals surface area contributed by atoms with E-state index in [2.05, 4.69) is 5.43 Å². The van der Waals surface area contributed by atoms with E-state index in [1.807, 2.05) is 6.07 Å². The number of rotatable bonds is 3. The molecule has 2 N–H and O–H groups in total. The molecule has 0 unspecified atom stereocenters. The maximum absolute atomic E-state index is 9.92. The quantitative estimate of drug-likeness (QED) is 0.524. The number of nitro groups is 1. The normalized spacial score (nSPS) is 8.54. The predicted molar refractivity (Wildman–Crippen MR) is 44.9 cm³/mol. The summed E-state index contributed by atoms with van der Waals surface area (Å²) >= 11 is 0. The average Bonchev–Trinajstić information content (AvgIpc) is 2.15. The van der Waals surface area contributed by atoms with Crippen LogP contribution in [-0.4, -0.2) is 5.03 Å². The fourth-order valence-electron chi connectivity index (χ4n) is 0.795. The minimum Gasteiger partial charge on any atom is -0.247 e. The average molecular weight is 178 g/mol. The highest BCUT2D eigenvalue weighted by atomic mass is 16.7. The lowest BCUT2D eigenvalue weighted by Crippen LogP contribution is -2.28. The van der Waals surface area contributed by atoms with Crippen LogP contribution in [0.25, 0.3) is 0 Å². The molecule has 0 aliphatic carbocycles. The number of hydrazine groups is 2. The van der Waals surface area contributed by atoms with Crippen LogP contribution >= 0.6 is 0 Å². The molecule has 6 heteroatoms. The summed E-state index contributed by atoms with van der Waals surface area (Å²) in [4.78, 5) is 9.92. The van der Waals surface area contributed by atoms with Crippen molar-refractivity contribution in [3.8, 4) is 6.07 Å². The Morgan fingerprint density at radius 3 is 2.77 bits per heavy atom. The van der Waals surface area contributed by atoms with Crippen LogP contribution in [0.5, 0.6) is 0 Å². The van der Waals surface area contributed by atoms with Gasteiger partial charge in [0.1, 0.15) is 6.07 Å². The molecule has 0 heterocycles. The zero-order chi connectivity index (χ0) is 9.68. The second-order valence-electron chi connectivity index (χ2n) is 2.15. The number of nitriles is 1. The molecule has 1 aromatic rings. The van der Waals surface area contributed by atoms with Gasteiger partial charge in [0.2, 0.25) is 0 Å². The molecule has 0 spiro atoms. The highest BCUT2D eigenvalue weighted by Gasteiger charge is 2.00. The highest BCUT2D eigenvalue weighted by molar-refractivity contribution is 5.56. The summed E-state index contributed by atoms with van der Waals surface area (Å²) in [6, 6.07) is 8.37. The molecule has 0 radical (unpaired) electrons. The molecule has 1 aromatic carbocycles. The maximum atomic E-state index is 9.92. The van der Waals surface area contributed by atoms with Crippen LogP contribution in [0.15, 0.2) is 24.3 Å². The van der Waals surface area contributed by atoms with E-state index in [9.17, 15) is 10.1 Å². The third-order valence-electron chi connectivity index (χ3n) is 1.33. The van der Waals surface area contributed by atoms with E-state index >= 15 is 0 Å². The second kappa shape index (κ2) is 3.92. The lowest BCUT2D eigenvalue weighted by atomic mass is 10.2. The molecule has 0 saturated carbocycles. The molecular formula is C7H6N4O2. The molecule has 66 valence electrons. The van der Waals surface area contributed by atoms with Gasteiger partial charge in [-0.05, 0) is 17.7 Å². The largest absolute Gasteiger partial charge is 0.247 e. The number of anilines is 1. The van der Waals surface area contributed by atoms with Crippen LogP contribution in [0.4, 0.5) is 5.69 Å². The van der Waals surface area contributed by atoms with Gasteiger partial charge in [-0.2, -0.15) is 5.26 Å². The van der Waals surface area contributed by atoms with Crippen LogP contribution < -0.4 is 11.0 Å². The van der Waals surface area contributed by atoms with E-state index in [1.54, 1.807) is 29.8 Å². The van der Waals surface area contributed by atoms with Crippen molar-refractivity contribution in [2.24, 2.45) is 0 Å². The number of hydrogen-bond donors (Lipinski definition) is 2. The van der Waals surface area contributed by atoms with Gasteiger partial charge < -0.3 is 0 Å². The van der Waals surface area contributed by atoms with Gasteiger partial charge >= 0.3 is 0 Å². The number of hydrogen-bond acceptors (Lipinski definition) is 4. The minimum absolute atomic E-state index is 0.344. The summed E-state index contributed by atoms with van der Waals surface area (Å²) in [6.07, 6.45) is 0. The Morgan fingerprint density at radius 2 is 2.15 bits per heavy atom. The van der Waals surface area contributed by atoms with Crippen LogP contribution in [0, 0.1) is 21.4 Å². The van der Waals surface area contributed by atoms with Gasteiger partial charge in [-0.1, -0.05) is 12.1 Å². The molecule has 0 atom stereocenters. The molecule has 0 aliphatic rings. The Bertz CT molecular complexity index is 358. The third kappa shape index (κ3) is 2.34. The van der Waals surface area contributed by atoms with Crippen molar-refractivity contribution in [1.82, 2.24) is 5.53 Å². The fourth-order valence-corrected chi connectivity index (χ4v) is 0.795. The van der Waals surface area contributed by atoms with Crippen molar-refractivity contribution >= 4 is 5.69 Å². The first kappa shape index (κ1) is 8.80. The van der Waals surface area contributed by atoms with Gasteiger partial charge in [-0.25, -0.2) is 15.5 Å². The lowest BCUT2D eigenvalue weighted by Gasteiger charge is -2.02. The van der Waals surface area contributed by atoms with Gasteiger partial charge in [0, 0.05) is 0 Å². The molecule has 0 saturated heterocycles. The summed E-state index contributed by atoms with van der Waals surface area (Å²) in [7, 11) is 0. The first-order chi connectivity index (χ1) is 6.24. The number of nitrogens with one attached hydrogen (secondary N) is 2. The second-order valence-corrected chi connectivity index (χ2v) is 2.15. The number of nitrogens with zero attached hydrogens (tertiary/aromatic N) is 2.